The quantitative estimate of drug-likeness (QED) is 0.656. The third-order valence-electron chi connectivity index (χ3n) is 4.39. The van der Waals surface area contributed by atoms with Crippen LogP contribution >= 0.6 is 0 Å². The van der Waals surface area contributed by atoms with Gasteiger partial charge in [0.1, 0.15) is 18.0 Å². The second kappa shape index (κ2) is 7.44. The fourth-order valence-electron chi connectivity index (χ4n) is 2.76. The number of carbonyl (C=O) groups excluding carboxylic acids is 1. The number of carbonyl (C=O) groups is 1. The van der Waals surface area contributed by atoms with Crippen LogP contribution < -0.4 is 10.2 Å². The van der Waals surface area contributed by atoms with Crippen LogP contribution in [0.25, 0.3) is 0 Å². The fourth-order valence-corrected chi connectivity index (χ4v) is 2.76. The molecule has 136 valence electrons. The SMILES string of the molecule is Cc1ccc(C(=O)Nc2cc(N3CCN(C)CC3)ncn2)cc1[N+](=O)[O-]. The lowest BCUT2D eigenvalue weighted by Gasteiger charge is -2.33. The number of nitrogens with zero attached hydrogens (tertiary/aromatic N) is 5. The molecule has 2 aromatic rings. The van der Waals surface area contributed by atoms with Gasteiger partial charge >= 0.3 is 0 Å². The molecule has 0 saturated carbocycles. The van der Waals surface area contributed by atoms with Crippen molar-refractivity contribution in [3.63, 3.8) is 0 Å². The molecular formula is C17H20N6O3. The number of amides is 1. The Balaban J connectivity index is 1.75. The number of piperazine rings is 1. The molecule has 1 fully saturated rings. The van der Waals surface area contributed by atoms with Gasteiger partial charge in [0.15, 0.2) is 0 Å². The summed E-state index contributed by atoms with van der Waals surface area (Å²) in [4.78, 5) is 35.7. The second-order valence-electron chi connectivity index (χ2n) is 6.26. The first-order valence-corrected chi connectivity index (χ1v) is 8.26. The van der Waals surface area contributed by atoms with Crippen LogP contribution in [0.1, 0.15) is 15.9 Å². The van der Waals surface area contributed by atoms with Crippen molar-refractivity contribution in [3.05, 3.63) is 51.8 Å². The molecule has 0 bridgehead atoms. The van der Waals surface area contributed by atoms with Crippen LogP contribution in [0.3, 0.4) is 0 Å². The Morgan fingerprint density at radius 1 is 1.19 bits per heavy atom. The van der Waals surface area contributed by atoms with Crippen molar-refractivity contribution in [3.8, 4) is 0 Å². The summed E-state index contributed by atoms with van der Waals surface area (Å²) >= 11 is 0. The number of anilines is 2. The summed E-state index contributed by atoms with van der Waals surface area (Å²) in [6.45, 7) is 5.22. The number of benzene rings is 1. The normalized spacial score (nSPS) is 14.9. The van der Waals surface area contributed by atoms with E-state index >= 15 is 0 Å². The van der Waals surface area contributed by atoms with Gasteiger partial charge in [0.2, 0.25) is 0 Å². The van der Waals surface area contributed by atoms with Crippen molar-refractivity contribution in [2.24, 2.45) is 0 Å². The number of nitro groups is 1. The average Bonchev–Trinajstić information content (AvgIpc) is 2.62. The van der Waals surface area contributed by atoms with Gasteiger partial charge in [-0.1, -0.05) is 6.07 Å². The first-order chi connectivity index (χ1) is 12.4. The maximum Gasteiger partial charge on any atom is 0.273 e. The molecule has 1 N–H and O–H groups in total. The van der Waals surface area contributed by atoms with Gasteiger partial charge in [-0.25, -0.2) is 9.97 Å². The standard InChI is InChI=1S/C17H20N6O3/c1-12-3-4-13(9-14(12)23(25)26)17(24)20-15-10-16(19-11-18-15)22-7-5-21(2)6-8-22/h3-4,9-11H,5-8H2,1-2H3,(H,18,19,20,24). The van der Waals surface area contributed by atoms with E-state index in [1.807, 2.05) is 0 Å². The summed E-state index contributed by atoms with van der Waals surface area (Å²) in [7, 11) is 2.07. The second-order valence-corrected chi connectivity index (χ2v) is 6.26. The highest BCUT2D eigenvalue weighted by molar-refractivity contribution is 6.04. The molecule has 0 unspecified atom stereocenters. The van der Waals surface area contributed by atoms with Crippen LogP contribution in [0.5, 0.6) is 0 Å². The predicted octanol–water partition coefficient (Wildman–Crippen LogP) is 1.70. The summed E-state index contributed by atoms with van der Waals surface area (Å²) in [6, 6.07) is 6.10. The van der Waals surface area contributed by atoms with E-state index in [1.54, 1.807) is 25.1 Å². The maximum absolute atomic E-state index is 12.4. The highest BCUT2D eigenvalue weighted by Gasteiger charge is 2.18. The molecule has 1 aliphatic heterocycles. The Kier molecular flexibility index (Phi) is 5.08. The van der Waals surface area contributed by atoms with Crippen LogP contribution in [0.2, 0.25) is 0 Å². The molecule has 1 aromatic carbocycles. The lowest BCUT2D eigenvalue weighted by molar-refractivity contribution is -0.385. The van der Waals surface area contributed by atoms with Crippen molar-refractivity contribution in [1.29, 1.82) is 0 Å². The van der Waals surface area contributed by atoms with Crippen molar-refractivity contribution in [2.45, 2.75) is 6.92 Å². The first kappa shape index (κ1) is 17.7. The van der Waals surface area contributed by atoms with E-state index in [0.29, 0.717) is 11.4 Å². The van der Waals surface area contributed by atoms with E-state index in [1.165, 1.54) is 12.4 Å². The zero-order chi connectivity index (χ0) is 18.7. The molecule has 2 heterocycles. The van der Waals surface area contributed by atoms with E-state index in [4.69, 9.17) is 0 Å². The van der Waals surface area contributed by atoms with Crippen LogP contribution in [0.15, 0.2) is 30.6 Å². The molecule has 9 heteroatoms. The van der Waals surface area contributed by atoms with Gasteiger partial charge in [0.25, 0.3) is 11.6 Å². The number of hydrogen-bond donors (Lipinski definition) is 1. The summed E-state index contributed by atoms with van der Waals surface area (Å²) in [5.41, 5.74) is 0.631. The minimum absolute atomic E-state index is 0.0848. The molecule has 1 aliphatic rings. The fraction of sp³-hybridized carbons (Fsp3) is 0.353. The van der Waals surface area contributed by atoms with Gasteiger partial charge in [-0.05, 0) is 20.0 Å². The van der Waals surface area contributed by atoms with Gasteiger partial charge in [-0.2, -0.15) is 0 Å². The molecule has 0 aliphatic carbocycles. The average molecular weight is 356 g/mol. The van der Waals surface area contributed by atoms with Crippen LogP contribution in [0.4, 0.5) is 17.3 Å². The molecule has 0 atom stereocenters. The van der Waals surface area contributed by atoms with E-state index in [-0.39, 0.29) is 11.3 Å². The monoisotopic (exact) mass is 356 g/mol. The number of rotatable bonds is 4. The Morgan fingerprint density at radius 2 is 1.92 bits per heavy atom. The summed E-state index contributed by atoms with van der Waals surface area (Å²) < 4.78 is 0. The van der Waals surface area contributed by atoms with Crippen molar-refractivity contribution in [2.75, 3.05) is 43.4 Å². The van der Waals surface area contributed by atoms with Gasteiger partial charge in [0.05, 0.1) is 4.92 Å². The van der Waals surface area contributed by atoms with Crippen LogP contribution in [0, 0.1) is 17.0 Å². The molecule has 1 aromatic heterocycles. The minimum atomic E-state index is -0.498. The van der Waals surface area contributed by atoms with Crippen molar-refractivity contribution < 1.29 is 9.72 Å². The minimum Gasteiger partial charge on any atom is -0.354 e. The van der Waals surface area contributed by atoms with Crippen molar-refractivity contribution >= 4 is 23.2 Å². The largest absolute Gasteiger partial charge is 0.354 e. The maximum atomic E-state index is 12.4. The number of aryl methyl sites for hydroxylation is 1. The molecule has 1 saturated heterocycles. The number of nitro benzene ring substituents is 1. The summed E-state index contributed by atoms with van der Waals surface area (Å²) in [6.07, 6.45) is 1.40. The Hall–Kier alpha value is -3.07. The lowest BCUT2D eigenvalue weighted by atomic mass is 10.1. The number of nitrogens with one attached hydrogen (secondary N) is 1. The van der Waals surface area contributed by atoms with E-state index < -0.39 is 10.8 Å². The summed E-state index contributed by atoms with van der Waals surface area (Å²) in [5, 5.41) is 13.7. The van der Waals surface area contributed by atoms with E-state index in [0.717, 1.165) is 32.0 Å². The first-order valence-electron chi connectivity index (χ1n) is 8.26. The van der Waals surface area contributed by atoms with Crippen molar-refractivity contribution in [1.82, 2.24) is 14.9 Å². The van der Waals surface area contributed by atoms with Gasteiger partial charge < -0.3 is 15.1 Å². The molecule has 0 spiro atoms. The summed E-state index contributed by atoms with van der Waals surface area (Å²) in [5.74, 6) is 0.663. The van der Waals surface area contributed by atoms with E-state index in [9.17, 15) is 14.9 Å². The Morgan fingerprint density at radius 3 is 2.62 bits per heavy atom. The van der Waals surface area contributed by atoms with Gasteiger partial charge in [-0.15, -0.1) is 0 Å². The molecule has 3 rings (SSSR count). The number of likely N-dealkylation sites (N-methyl/N-ethyl adjacent to an activating group) is 1. The zero-order valence-electron chi connectivity index (χ0n) is 14.7. The Bertz CT molecular complexity index is 833. The molecule has 9 nitrogen and oxygen atoms in total. The third-order valence-corrected chi connectivity index (χ3v) is 4.39. The molecule has 0 radical (unpaired) electrons. The van der Waals surface area contributed by atoms with E-state index in [2.05, 4.69) is 32.1 Å². The van der Waals surface area contributed by atoms with Gasteiger partial charge in [-0.3, -0.25) is 14.9 Å². The smallest absolute Gasteiger partial charge is 0.273 e. The van der Waals surface area contributed by atoms with Crippen LogP contribution in [-0.2, 0) is 0 Å². The number of hydrogen-bond acceptors (Lipinski definition) is 7. The highest BCUT2D eigenvalue weighted by Crippen LogP contribution is 2.21. The topological polar surface area (TPSA) is 104 Å². The number of aromatic nitrogens is 2. The Labute approximate surface area is 150 Å². The molecular weight excluding hydrogens is 336 g/mol. The van der Waals surface area contributed by atoms with Crippen LogP contribution in [-0.4, -0.2) is 58.9 Å². The molecule has 26 heavy (non-hydrogen) atoms. The highest BCUT2D eigenvalue weighted by atomic mass is 16.6. The zero-order valence-corrected chi connectivity index (χ0v) is 14.7. The predicted molar refractivity (Wildman–Crippen MR) is 97.5 cm³/mol. The molecule has 1 amide bonds. The third kappa shape index (κ3) is 3.94. The van der Waals surface area contributed by atoms with Gasteiger partial charge in [0, 0.05) is 49.4 Å². The lowest BCUT2D eigenvalue weighted by Crippen LogP contribution is -2.44.